The molecule has 31 heavy (non-hydrogen) atoms. The number of benzene rings is 1. The Morgan fingerprint density at radius 3 is 2.58 bits per heavy atom. The Hall–Kier alpha value is -3.25. The molecule has 0 radical (unpaired) electrons. The molecule has 1 atom stereocenters. The molecule has 0 amide bonds. The quantitative estimate of drug-likeness (QED) is 0.487. The number of fused-ring (bicyclic) bond motifs is 1. The summed E-state index contributed by atoms with van der Waals surface area (Å²) in [6.45, 7) is 2.80. The molecule has 2 aromatic heterocycles. The van der Waals surface area contributed by atoms with Crippen molar-refractivity contribution in [2.24, 2.45) is 0 Å². The Morgan fingerprint density at radius 2 is 2.03 bits per heavy atom. The maximum absolute atomic E-state index is 12.7. The summed E-state index contributed by atoms with van der Waals surface area (Å²) in [5, 5.41) is 20.9. The Balaban J connectivity index is 1.74. The van der Waals surface area contributed by atoms with E-state index in [1.165, 1.54) is 6.20 Å². The van der Waals surface area contributed by atoms with Crippen LogP contribution < -0.4 is 10.9 Å². The predicted molar refractivity (Wildman–Crippen MR) is 111 cm³/mol. The van der Waals surface area contributed by atoms with Gasteiger partial charge in [0, 0.05) is 17.5 Å². The second-order valence-corrected chi connectivity index (χ2v) is 7.91. The molecule has 6 nitrogen and oxygen atoms in total. The first-order chi connectivity index (χ1) is 14.7. The molecule has 4 rings (SSSR count). The van der Waals surface area contributed by atoms with Crippen molar-refractivity contribution in [1.82, 2.24) is 15.0 Å². The van der Waals surface area contributed by atoms with E-state index in [2.05, 4.69) is 26.5 Å². The number of phenolic OH excluding ortho intramolecular Hbond substituents is 1. The molecule has 0 spiro atoms. The average Bonchev–Trinajstić information content (AvgIpc) is 2.98. The van der Waals surface area contributed by atoms with Crippen LogP contribution in [0.1, 0.15) is 43.4 Å². The topological polar surface area (TPSA) is 85.9 Å². The van der Waals surface area contributed by atoms with E-state index in [1.807, 2.05) is 0 Å². The van der Waals surface area contributed by atoms with Crippen molar-refractivity contribution >= 4 is 16.6 Å². The number of hydrogen-bond acceptors (Lipinski definition) is 5. The van der Waals surface area contributed by atoms with Gasteiger partial charge in [0.15, 0.2) is 0 Å². The van der Waals surface area contributed by atoms with E-state index >= 15 is 0 Å². The number of nitrogens with one attached hydrogen (secondary N) is 2. The van der Waals surface area contributed by atoms with E-state index in [-0.39, 0.29) is 11.8 Å². The lowest BCUT2D eigenvalue weighted by Crippen LogP contribution is -2.42. The fourth-order valence-corrected chi connectivity index (χ4v) is 3.72. The number of alkyl halides is 3. The van der Waals surface area contributed by atoms with Crippen LogP contribution >= 0.6 is 0 Å². The number of halogens is 3. The first-order valence-electron chi connectivity index (χ1n) is 10.0. The molecule has 9 heteroatoms. The smallest absolute Gasteiger partial charge is 0.405 e. The summed E-state index contributed by atoms with van der Waals surface area (Å²) in [7, 11) is 0. The lowest BCUT2D eigenvalue weighted by Gasteiger charge is -2.30. The van der Waals surface area contributed by atoms with Gasteiger partial charge < -0.3 is 15.1 Å². The third-order valence-electron chi connectivity index (χ3n) is 5.80. The SMILES string of the molecule is Cc1cc2c(C#N)c(-c3ccc(NN[C@H](C)C(F)(F)F)cn3)n(C3CCC3)c2cc1O. The predicted octanol–water partition coefficient (Wildman–Crippen LogP) is 5.18. The van der Waals surface area contributed by atoms with Crippen molar-refractivity contribution in [3.05, 3.63) is 41.6 Å². The third-order valence-corrected chi connectivity index (χ3v) is 5.80. The number of nitrogens with zero attached hydrogens (tertiary/aromatic N) is 3. The number of hydrogen-bond donors (Lipinski definition) is 3. The highest BCUT2D eigenvalue weighted by Crippen LogP contribution is 2.43. The first kappa shape index (κ1) is 21.0. The minimum atomic E-state index is -4.37. The summed E-state index contributed by atoms with van der Waals surface area (Å²) < 4.78 is 40.1. The van der Waals surface area contributed by atoms with Gasteiger partial charge in [0.05, 0.1) is 34.4 Å². The second-order valence-electron chi connectivity index (χ2n) is 7.91. The molecule has 1 aliphatic rings. The minimum Gasteiger partial charge on any atom is -0.508 e. The summed E-state index contributed by atoms with van der Waals surface area (Å²) in [5.74, 6) is 0.166. The number of aryl methyl sites for hydroxylation is 1. The van der Waals surface area contributed by atoms with E-state index in [4.69, 9.17) is 0 Å². The van der Waals surface area contributed by atoms with Crippen LogP contribution in [-0.2, 0) is 0 Å². The van der Waals surface area contributed by atoms with Gasteiger partial charge in [0.1, 0.15) is 17.9 Å². The van der Waals surface area contributed by atoms with Crippen molar-refractivity contribution < 1.29 is 18.3 Å². The molecular formula is C22H22F3N5O. The molecular weight excluding hydrogens is 407 g/mol. The maximum Gasteiger partial charge on any atom is 0.405 e. The van der Waals surface area contributed by atoms with Gasteiger partial charge in [0.2, 0.25) is 0 Å². The lowest BCUT2D eigenvalue weighted by atomic mass is 9.92. The molecule has 1 saturated carbocycles. The largest absolute Gasteiger partial charge is 0.508 e. The summed E-state index contributed by atoms with van der Waals surface area (Å²) in [6, 6.07) is 7.55. The van der Waals surface area contributed by atoms with Gasteiger partial charge in [-0.25, -0.2) is 5.43 Å². The number of pyridine rings is 1. The van der Waals surface area contributed by atoms with Crippen molar-refractivity contribution in [2.75, 3.05) is 5.43 Å². The van der Waals surface area contributed by atoms with E-state index in [0.29, 0.717) is 28.2 Å². The summed E-state index contributed by atoms with van der Waals surface area (Å²) >= 11 is 0. The van der Waals surface area contributed by atoms with Crippen molar-refractivity contribution in [3.8, 4) is 23.2 Å². The van der Waals surface area contributed by atoms with Gasteiger partial charge in [-0.1, -0.05) is 0 Å². The zero-order valence-electron chi connectivity index (χ0n) is 17.1. The van der Waals surface area contributed by atoms with Crippen molar-refractivity contribution in [3.63, 3.8) is 0 Å². The number of aromatic nitrogens is 2. The van der Waals surface area contributed by atoms with Crippen LogP contribution in [0.2, 0.25) is 0 Å². The number of anilines is 1. The van der Waals surface area contributed by atoms with E-state index in [0.717, 1.165) is 37.1 Å². The van der Waals surface area contributed by atoms with Crippen LogP contribution in [0.25, 0.3) is 22.3 Å². The molecule has 3 aromatic rings. The van der Waals surface area contributed by atoms with Crippen molar-refractivity contribution in [2.45, 2.75) is 51.4 Å². The first-order valence-corrected chi connectivity index (χ1v) is 10.0. The number of nitriles is 1. The van der Waals surface area contributed by atoms with Crippen LogP contribution in [0.3, 0.4) is 0 Å². The Bertz CT molecular complexity index is 1160. The minimum absolute atomic E-state index is 0.166. The van der Waals surface area contributed by atoms with Crippen LogP contribution in [0, 0.1) is 18.3 Å². The van der Waals surface area contributed by atoms with E-state index in [9.17, 15) is 23.5 Å². The van der Waals surface area contributed by atoms with Gasteiger partial charge in [-0.2, -0.15) is 18.4 Å². The summed E-state index contributed by atoms with van der Waals surface area (Å²) in [5.41, 5.74) is 8.24. The van der Waals surface area contributed by atoms with Crippen LogP contribution in [0.5, 0.6) is 5.75 Å². The third kappa shape index (κ3) is 3.79. The molecule has 0 saturated heterocycles. The Labute approximate surface area is 177 Å². The van der Waals surface area contributed by atoms with Gasteiger partial charge in [-0.05, 0) is 56.9 Å². The molecule has 0 unspecified atom stereocenters. The highest BCUT2D eigenvalue weighted by Gasteiger charge is 2.35. The fraction of sp³-hybridized carbons (Fsp3) is 0.364. The Kier molecular flexibility index (Phi) is 5.27. The number of rotatable bonds is 5. The maximum atomic E-state index is 12.7. The van der Waals surface area contributed by atoms with Gasteiger partial charge in [-0.15, -0.1) is 0 Å². The Morgan fingerprint density at radius 1 is 1.29 bits per heavy atom. The number of phenols is 1. The molecule has 1 aliphatic carbocycles. The van der Waals surface area contributed by atoms with E-state index in [1.54, 1.807) is 31.2 Å². The number of hydrazine groups is 1. The molecule has 0 bridgehead atoms. The van der Waals surface area contributed by atoms with Crippen LogP contribution in [-0.4, -0.2) is 26.9 Å². The standard InChI is InChI=1S/C22H22F3N5O/c1-12-8-16-17(10-26)21(30(15-4-3-5-15)19(16)9-20(12)31)18-7-6-14(11-27-18)29-28-13(2)22(23,24)25/h6-9,11,13,15,28-29,31H,3-5H2,1-2H3/t13-/m1/s1. The zero-order chi connectivity index (χ0) is 22.3. The lowest BCUT2D eigenvalue weighted by molar-refractivity contribution is -0.150. The van der Waals surface area contributed by atoms with Gasteiger partial charge in [-0.3, -0.25) is 4.98 Å². The number of aromatic hydroxyl groups is 1. The highest BCUT2D eigenvalue weighted by molar-refractivity contribution is 5.95. The van der Waals surface area contributed by atoms with Gasteiger partial charge >= 0.3 is 6.18 Å². The van der Waals surface area contributed by atoms with Crippen LogP contribution in [0.15, 0.2) is 30.5 Å². The summed E-state index contributed by atoms with van der Waals surface area (Å²) in [4.78, 5) is 4.42. The van der Waals surface area contributed by atoms with Gasteiger partial charge in [0.25, 0.3) is 0 Å². The normalized spacial score (nSPS) is 15.5. The zero-order valence-corrected chi connectivity index (χ0v) is 17.1. The van der Waals surface area contributed by atoms with Crippen LogP contribution in [0.4, 0.5) is 18.9 Å². The molecule has 3 N–H and O–H groups in total. The monoisotopic (exact) mass is 429 g/mol. The molecule has 1 aromatic carbocycles. The summed E-state index contributed by atoms with van der Waals surface area (Å²) in [6.07, 6.45) is 0.0841. The van der Waals surface area contributed by atoms with Crippen molar-refractivity contribution in [1.29, 1.82) is 5.26 Å². The average molecular weight is 429 g/mol. The molecule has 0 aliphatic heterocycles. The molecule has 162 valence electrons. The molecule has 2 heterocycles. The second kappa shape index (κ2) is 7.78. The van der Waals surface area contributed by atoms with E-state index < -0.39 is 12.2 Å². The highest BCUT2D eigenvalue weighted by atomic mass is 19.4. The fourth-order valence-electron chi connectivity index (χ4n) is 3.72. The molecule has 1 fully saturated rings.